The van der Waals surface area contributed by atoms with Gasteiger partial charge in [0, 0.05) is 11.6 Å². The third-order valence-electron chi connectivity index (χ3n) is 2.41. The minimum absolute atomic E-state index is 0.121. The summed E-state index contributed by atoms with van der Waals surface area (Å²) in [6.45, 7) is 4.91. The molecule has 21 heavy (non-hydrogen) atoms. The van der Waals surface area contributed by atoms with Crippen molar-refractivity contribution in [1.82, 2.24) is 5.32 Å². The number of hydrogen-bond acceptors (Lipinski definition) is 3. The molecule has 0 radical (unpaired) electrons. The molecule has 1 aromatic rings. The maximum absolute atomic E-state index is 13.7. The second kappa shape index (κ2) is 6.51. The van der Waals surface area contributed by atoms with Crippen LogP contribution >= 0.6 is 0 Å². The first-order valence-corrected chi connectivity index (χ1v) is 6.25. The zero-order chi connectivity index (χ0) is 16.2. The van der Waals surface area contributed by atoms with Gasteiger partial charge < -0.3 is 15.2 Å². The number of ether oxygens (including phenoxy) is 1. The molecule has 0 saturated heterocycles. The van der Waals surface area contributed by atoms with E-state index in [1.807, 2.05) is 0 Å². The predicted molar refractivity (Wildman–Crippen MR) is 70.7 cm³/mol. The maximum atomic E-state index is 13.7. The Hall–Kier alpha value is -2.18. The van der Waals surface area contributed by atoms with Crippen LogP contribution < -0.4 is 5.32 Å². The number of carbonyl (C=O) groups is 2. The third-order valence-corrected chi connectivity index (χ3v) is 2.41. The van der Waals surface area contributed by atoms with Gasteiger partial charge in [0.1, 0.15) is 17.2 Å². The van der Waals surface area contributed by atoms with Crippen LogP contribution in [0.1, 0.15) is 38.8 Å². The van der Waals surface area contributed by atoms with Crippen LogP contribution in [0.3, 0.4) is 0 Å². The summed E-state index contributed by atoms with van der Waals surface area (Å²) in [6, 6.07) is 1.55. The lowest BCUT2D eigenvalue weighted by Gasteiger charge is -2.23. The summed E-state index contributed by atoms with van der Waals surface area (Å²) < 4.78 is 31.6. The summed E-state index contributed by atoms with van der Waals surface area (Å²) in [4.78, 5) is 22.5. The Labute approximate surface area is 120 Å². The van der Waals surface area contributed by atoms with Gasteiger partial charge >= 0.3 is 12.1 Å². The maximum Gasteiger partial charge on any atom is 0.408 e. The molecule has 1 rings (SSSR count). The fourth-order valence-corrected chi connectivity index (χ4v) is 1.65. The molecule has 1 aromatic carbocycles. The smallest absolute Gasteiger partial charge is 0.408 e. The van der Waals surface area contributed by atoms with Crippen LogP contribution in [0, 0.1) is 11.6 Å². The number of rotatable bonds is 4. The number of aliphatic carboxylic acids is 1. The number of halogens is 2. The van der Waals surface area contributed by atoms with Gasteiger partial charge in [-0.1, -0.05) is 6.07 Å². The Morgan fingerprint density at radius 2 is 1.95 bits per heavy atom. The van der Waals surface area contributed by atoms with Crippen LogP contribution in [-0.2, 0) is 9.53 Å². The molecule has 2 N–H and O–H groups in total. The molecule has 0 fully saturated rings. The van der Waals surface area contributed by atoms with E-state index < -0.39 is 41.8 Å². The number of amides is 1. The Balaban J connectivity index is 2.95. The number of hydrogen-bond donors (Lipinski definition) is 2. The quantitative estimate of drug-likeness (QED) is 0.896. The molecule has 116 valence electrons. The molecular weight excluding hydrogens is 284 g/mol. The molecule has 0 aliphatic heterocycles. The first-order valence-electron chi connectivity index (χ1n) is 6.25. The van der Waals surface area contributed by atoms with Gasteiger partial charge in [-0.2, -0.15) is 0 Å². The van der Waals surface area contributed by atoms with Gasteiger partial charge in [-0.3, -0.25) is 4.79 Å². The van der Waals surface area contributed by atoms with Crippen molar-refractivity contribution in [1.29, 1.82) is 0 Å². The summed E-state index contributed by atoms with van der Waals surface area (Å²) >= 11 is 0. The van der Waals surface area contributed by atoms with E-state index in [2.05, 4.69) is 5.32 Å². The van der Waals surface area contributed by atoms with Gasteiger partial charge in [0.15, 0.2) is 0 Å². The monoisotopic (exact) mass is 301 g/mol. The average molecular weight is 301 g/mol. The van der Waals surface area contributed by atoms with E-state index in [1.54, 1.807) is 20.8 Å². The van der Waals surface area contributed by atoms with Gasteiger partial charge in [-0.15, -0.1) is 0 Å². The van der Waals surface area contributed by atoms with E-state index in [0.29, 0.717) is 6.07 Å². The molecule has 0 aliphatic carbocycles. The van der Waals surface area contributed by atoms with Crippen LogP contribution in [0.4, 0.5) is 13.6 Å². The van der Waals surface area contributed by atoms with Gasteiger partial charge in [0.25, 0.3) is 0 Å². The number of alkyl carbamates (subject to hydrolysis) is 1. The predicted octanol–water partition coefficient (Wildman–Crippen LogP) is 3.01. The standard InChI is InChI=1S/C14H17F2NO4/c1-14(2,3)21-13(20)17-11(7-12(18)19)9-5-4-8(15)6-10(9)16/h4-6,11H,7H2,1-3H3,(H,17,20)(H,18,19). The van der Waals surface area contributed by atoms with Crippen LogP contribution in [0.25, 0.3) is 0 Å². The highest BCUT2D eigenvalue weighted by molar-refractivity contribution is 5.72. The zero-order valence-corrected chi connectivity index (χ0v) is 11.9. The molecule has 0 spiro atoms. The fourth-order valence-electron chi connectivity index (χ4n) is 1.65. The SMILES string of the molecule is CC(C)(C)OC(=O)NC(CC(=O)O)c1ccc(F)cc1F. The van der Waals surface area contributed by atoms with Gasteiger partial charge in [-0.25, -0.2) is 13.6 Å². The highest BCUT2D eigenvalue weighted by Crippen LogP contribution is 2.22. The van der Waals surface area contributed by atoms with Crippen molar-refractivity contribution < 1.29 is 28.2 Å². The van der Waals surface area contributed by atoms with Crippen molar-refractivity contribution in [2.75, 3.05) is 0 Å². The number of benzene rings is 1. The van der Waals surface area contributed by atoms with Crippen molar-refractivity contribution in [2.45, 2.75) is 38.8 Å². The molecule has 1 atom stereocenters. The van der Waals surface area contributed by atoms with E-state index >= 15 is 0 Å². The molecule has 5 nitrogen and oxygen atoms in total. The molecule has 0 heterocycles. The second-order valence-corrected chi connectivity index (χ2v) is 5.46. The Bertz CT molecular complexity index is 540. The average Bonchev–Trinajstić information content (AvgIpc) is 2.24. The summed E-state index contributed by atoms with van der Waals surface area (Å²) in [6.07, 6.45) is -1.43. The highest BCUT2D eigenvalue weighted by atomic mass is 19.1. The van der Waals surface area contributed by atoms with Gasteiger partial charge in [0.2, 0.25) is 0 Å². The molecule has 0 saturated carbocycles. The molecular formula is C14H17F2NO4. The largest absolute Gasteiger partial charge is 0.481 e. The molecule has 1 unspecified atom stereocenters. The van der Waals surface area contributed by atoms with Crippen molar-refractivity contribution in [2.24, 2.45) is 0 Å². The number of carboxylic acid groups (broad SMARTS) is 1. The lowest BCUT2D eigenvalue weighted by Crippen LogP contribution is -2.36. The fraction of sp³-hybridized carbons (Fsp3) is 0.429. The number of carbonyl (C=O) groups excluding carboxylic acids is 1. The molecule has 7 heteroatoms. The third kappa shape index (κ3) is 5.76. The Kier molecular flexibility index (Phi) is 5.23. The van der Waals surface area contributed by atoms with E-state index in [4.69, 9.17) is 9.84 Å². The summed E-state index contributed by atoms with van der Waals surface area (Å²) in [5, 5.41) is 11.1. The lowest BCUT2D eigenvalue weighted by molar-refractivity contribution is -0.137. The second-order valence-electron chi connectivity index (χ2n) is 5.46. The minimum atomic E-state index is -1.24. The number of carboxylic acids is 1. The van der Waals surface area contributed by atoms with Gasteiger partial charge in [-0.05, 0) is 26.8 Å². The first-order chi connectivity index (χ1) is 9.58. The number of nitrogens with one attached hydrogen (secondary N) is 1. The summed E-state index contributed by atoms with van der Waals surface area (Å²) in [5.74, 6) is -2.96. The van der Waals surface area contributed by atoms with Crippen LogP contribution in [-0.4, -0.2) is 22.8 Å². The Morgan fingerprint density at radius 3 is 2.43 bits per heavy atom. The summed E-state index contributed by atoms with van der Waals surface area (Å²) in [5.41, 5.74) is -0.899. The van der Waals surface area contributed by atoms with Crippen LogP contribution in [0.15, 0.2) is 18.2 Å². The zero-order valence-electron chi connectivity index (χ0n) is 11.9. The van der Waals surface area contributed by atoms with E-state index in [-0.39, 0.29) is 5.56 Å². The molecule has 0 aliphatic rings. The van der Waals surface area contributed by atoms with Crippen molar-refractivity contribution >= 4 is 12.1 Å². The summed E-state index contributed by atoms with van der Waals surface area (Å²) in [7, 11) is 0. The minimum Gasteiger partial charge on any atom is -0.481 e. The van der Waals surface area contributed by atoms with E-state index in [9.17, 15) is 18.4 Å². The van der Waals surface area contributed by atoms with E-state index in [1.165, 1.54) is 0 Å². The highest BCUT2D eigenvalue weighted by Gasteiger charge is 2.24. The van der Waals surface area contributed by atoms with Crippen LogP contribution in [0.5, 0.6) is 0 Å². The normalized spacial score (nSPS) is 12.6. The Morgan fingerprint density at radius 1 is 1.33 bits per heavy atom. The lowest BCUT2D eigenvalue weighted by atomic mass is 10.0. The van der Waals surface area contributed by atoms with Crippen LogP contribution in [0.2, 0.25) is 0 Å². The topological polar surface area (TPSA) is 75.6 Å². The molecule has 1 amide bonds. The van der Waals surface area contributed by atoms with E-state index in [0.717, 1.165) is 12.1 Å². The molecule has 0 aromatic heterocycles. The first kappa shape index (κ1) is 16.9. The van der Waals surface area contributed by atoms with Crippen molar-refractivity contribution in [3.63, 3.8) is 0 Å². The van der Waals surface area contributed by atoms with Crippen molar-refractivity contribution in [3.8, 4) is 0 Å². The van der Waals surface area contributed by atoms with Gasteiger partial charge in [0.05, 0.1) is 12.5 Å². The van der Waals surface area contributed by atoms with Crippen molar-refractivity contribution in [3.05, 3.63) is 35.4 Å². The molecule has 0 bridgehead atoms.